The molecule has 13 heavy (non-hydrogen) atoms. The lowest BCUT2D eigenvalue weighted by molar-refractivity contribution is 0.150. The van der Waals surface area contributed by atoms with Crippen LogP contribution >= 0.6 is 27.5 Å². The molecule has 0 aliphatic rings. The van der Waals surface area contributed by atoms with Gasteiger partial charge in [-0.1, -0.05) is 0 Å². The minimum Gasteiger partial charge on any atom is -0.383 e. The first-order valence-corrected chi connectivity index (χ1v) is 4.68. The van der Waals surface area contributed by atoms with E-state index in [1.165, 1.54) is 6.07 Å². The van der Waals surface area contributed by atoms with Crippen molar-refractivity contribution in [2.24, 2.45) is 0 Å². The standard InChI is InChI=1S/C7H6BrClF2N2/c8-5-4(6(10)11)1-3(2-9)7(12)13-5/h1,6H,2H2,(H2,12,13). The zero-order chi connectivity index (χ0) is 10.0. The molecule has 0 aromatic carbocycles. The first-order valence-electron chi connectivity index (χ1n) is 3.35. The second kappa shape index (κ2) is 4.19. The molecule has 0 saturated carbocycles. The molecule has 0 saturated heterocycles. The van der Waals surface area contributed by atoms with Crippen LogP contribution in [0.1, 0.15) is 17.6 Å². The van der Waals surface area contributed by atoms with Gasteiger partial charge in [-0.2, -0.15) is 0 Å². The molecule has 0 aliphatic carbocycles. The molecule has 0 aliphatic heterocycles. The van der Waals surface area contributed by atoms with Gasteiger partial charge in [0.05, 0.1) is 11.4 Å². The van der Waals surface area contributed by atoms with Gasteiger partial charge in [0.15, 0.2) is 0 Å². The van der Waals surface area contributed by atoms with Crippen LogP contribution in [0.4, 0.5) is 14.6 Å². The van der Waals surface area contributed by atoms with E-state index in [1.807, 2.05) is 0 Å². The van der Waals surface area contributed by atoms with E-state index in [1.54, 1.807) is 0 Å². The number of hydrogen-bond donors (Lipinski definition) is 1. The molecule has 1 rings (SSSR count). The van der Waals surface area contributed by atoms with Gasteiger partial charge < -0.3 is 5.73 Å². The van der Waals surface area contributed by atoms with Crippen LogP contribution in [0.2, 0.25) is 0 Å². The zero-order valence-electron chi connectivity index (χ0n) is 6.40. The predicted octanol–water partition coefficient (Wildman–Crippen LogP) is 3.10. The van der Waals surface area contributed by atoms with Crippen LogP contribution in [-0.2, 0) is 5.88 Å². The first kappa shape index (κ1) is 10.7. The second-order valence-corrected chi connectivity index (χ2v) is 3.37. The average Bonchev–Trinajstić information content (AvgIpc) is 2.03. The van der Waals surface area contributed by atoms with Crippen LogP contribution in [0.25, 0.3) is 0 Å². The van der Waals surface area contributed by atoms with Gasteiger partial charge in [-0.05, 0) is 22.0 Å². The Morgan fingerprint density at radius 2 is 2.23 bits per heavy atom. The van der Waals surface area contributed by atoms with Crippen LogP contribution in [0.5, 0.6) is 0 Å². The van der Waals surface area contributed by atoms with Crippen molar-refractivity contribution in [3.8, 4) is 0 Å². The Morgan fingerprint density at radius 1 is 1.62 bits per heavy atom. The molecule has 0 spiro atoms. The van der Waals surface area contributed by atoms with Gasteiger partial charge in [0, 0.05) is 5.56 Å². The molecule has 0 radical (unpaired) electrons. The Labute approximate surface area is 87.2 Å². The van der Waals surface area contributed by atoms with Gasteiger partial charge in [0.1, 0.15) is 10.4 Å². The third-order valence-electron chi connectivity index (χ3n) is 1.49. The minimum atomic E-state index is -2.58. The lowest BCUT2D eigenvalue weighted by Gasteiger charge is -2.06. The van der Waals surface area contributed by atoms with E-state index in [0.717, 1.165) is 0 Å². The van der Waals surface area contributed by atoms with E-state index in [-0.39, 0.29) is 21.9 Å². The molecule has 1 aromatic rings. The minimum absolute atomic E-state index is 0.0638. The Bertz CT molecular complexity index is 320. The molecule has 2 N–H and O–H groups in total. The average molecular weight is 271 g/mol. The van der Waals surface area contributed by atoms with Gasteiger partial charge in [-0.15, -0.1) is 11.6 Å². The molecular weight excluding hydrogens is 265 g/mol. The van der Waals surface area contributed by atoms with E-state index in [9.17, 15) is 8.78 Å². The topological polar surface area (TPSA) is 38.9 Å². The maximum atomic E-state index is 12.3. The number of nitrogen functional groups attached to an aromatic ring is 1. The molecule has 0 bridgehead atoms. The SMILES string of the molecule is Nc1nc(Br)c(C(F)F)cc1CCl. The van der Waals surface area contributed by atoms with Crippen LogP contribution < -0.4 is 5.73 Å². The number of nitrogens with zero attached hydrogens (tertiary/aromatic N) is 1. The Kier molecular flexibility index (Phi) is 3.44. The molecule has 0 amide bonds. The molecule has 1 aromatic heterocycles. The summed E-state index contributed by atoms with van der Waals surface area (Å²) < 4.78 is 24.7. The Morgan fingerprint density at radius 3 is 2.69 bits per heavy atom. The number of pyridine rings is 1. The van der Waals surface area contributed by atoms with Crippen LogP contribution in [0.3, 0.4) is 0 Å². The van der Waals surface area contributed by atoms with Crippen LogP contribution in [-0.4, -0.2) is 4.98 Å². The van der Waals surface area contributed by atoms with Crippen molar-refractivity contribution in [2.75, 3.05) is 5.73 Å². The molecule has 0 unspecified atom stereocenters. The predicted molar refractivity (Wildman–Crippen MR) is 50.9 cm³/mol. The summed E-state index contributed by atoms with van der Waals surface area (Å²) in [6.07, 6.45) is -2.58. The largest absolute Gasteiger partial charge is 0.383 e. The van der Waals surface area contributed by atoms with Gasteiger partial charge >= 0.3 is 0 Å². The third-order valence-corrected chi connectivity index (χ3v) is 2.42. The summed E-state index contributed by atoms with van der Waals surface area (Å²) >= 11 is 8.38. The normalized spacial score (nSPS) is 10.8. The maximum Gasteiger partial charge on any atom is 0.266 e. The number of aromatic nitrogens is 1. The highest BCUT2D eigenvalue weighted by molar-refractivity contribution is 9.10. The van der Waals surface area contributed by atoms with Crippen molar-refractivity contribution in [2.45, 2.75) is 12.3 Å². The summed E-state index contributed by atoms with van der Waals surface area (Å²) in [6, 6.07) is 1.25. The highest BCUT2D eigenvalue weighted by Crippen LogP contribution is 2.29. The van der Waals surface area contributed by atoms with Crippen molar-refractivity contribution in [3.63, 3.8) is 0 Å². The Balaban J connectivity index is 3.22. The van der Waals surface area contributed by atoms with E-state index in [4.69, 9.17) is 17.3 Å². The summed E-state index contributed by atoms with van der Waals surface area (Å²) in [5.74, 6) is 0.248. The summed E-state index contributed by atoms with van der Waals surface area (Å²) in [4.78, 5) is 3.70. The van der Waals surface area contributed by atoms with E-state index in [2.05, 4.69) is 20.9 Å². The molecule has 0 fully saturated rings. The second-order valence-electron chi connectivity index (χ2n) is 2.35. The number of hydrogen-bond acceptors (Lipinski definition) is 2. The Hall–Kier alpha value is -0.420. The van der Waals surface area contributed by atoms with Gasteiger partial charge in [-0.25, -0.2) is 13.8 Å². The fourth-order valence-electron chi connectivity index (χ4n) is 0.823. The maximum absolute atomic E-state index is 12.3. The van der Waals surface area contributed by atoms with E-state index < -0.39 is 6.43 Å². The molecular formula is C7H6BrClF2N2. The summed E-state index contributed by atoms with van der Waals surface area (Å²) in [5.41, 5.74) is 5.66. The molecule has 0 atom stereocenters. The number of nitrogens with two attached hydrogens (primary N) is 1. The number of halogens is 4. The van der Waals surface area contributed by atoms with Crippen molar-refractivity contribution in [1.29, 1.82) is 0 Å². The zero-order valence-corrected chi connectivity index (χ0v) is 8.74. The van der Waals surface area contributed by atoms with Gasteiger partial charge in [-0.3, -0.25) is 0 Å². The number of anilines is 1. The highest BCUT2D eigenvalue weighted by atomic mass is 79.9. The van der Waals surface area contributed by atoms with Crippen LogP contribution in [0.15, 0.2) is 10.7 Å². The molecule has 72 valence electrons. The van der Waals surface area contributed by atoms with Crippen LogP contribution in [0, 0.1) is 0 Å². The van der Waals surface area contributed by atoms with Crippen molar-refractivity contribution >= 4 is 33.3 Å². The first-order chi connectivity index (χ1) is 6.06. The van der Waals surface area contributed by atoms with Crippen molar-refractivity contribution < 1.29 is 8.78 Å². The summed E-state index contributed by atoms with van der Waals surface area (Å²) in [7, 11) is 0. The quantitative estimate of drug-likeness (QED) is 0.663. The van der Waals surface area contributed by atoms with Gasteiger partial charge in [0.25, 0.3) is 6.43 Å². The lowest BCUT2D eigenvalue weighted by Crippen LogP contribution is -2.00. The van der Waals surface area contributed by atoms with E-state index in [0.29, 0.717) is 5.56 Å². The van der Waals surface area contributed by atoms with Crippen molar-refractivity contribution in [1.82, 2.24) is 4.98 Å². The van der Waals surface area contributed by atoms with Gasteiger partial charge in [0.2, 0.25) is 0 Å². The lowest BCUT2D eigenvalue weighted by atomic mass is 10.2. The smallest absolute Gasteiger partial charge is 0.266 e. The fraction of sp³-hybridized carbons (Fsp3) is 0.286. The number of rotatable bonds is 2. The van der Waals surface area contributed by atoms with Crippen molar-refractivity contribution in [3.05, 3.63) is 21.8 Å². The summed E-state index contributed by atoms with van der Waals surface area (Å²) in [6.45, 7) is 0. The molecule has 2 nitrogen and oxygen atoms in total. The highest BCUT2D eigenvalue weighted by Gasteiger charge is 2.15. The third kappa shape index (κ3) is 2.28. The summed E-state index contributed by atoms with van der Waals surface area (Å²) in [5, 5.41) is 0. The monoisotopic (exact) mass is 270 g/mol. The molecule has 6 heteroatoms. The molecule has 1 heterocycles. The van der Waals surface area contributed by atoms with E-state index >= 15 is 0 Å². The fourth-order valence-corrected chi connectivity index (χ4v) is 1.52. The number of alkyl halides is 3.